The Hall–Kier alpha value is -0.440. The summed E-state index contributed by atoms with van der Waals surface area (Å²) in [5, 5.41) is 16.0. The lowest BCUT2D eigenvalue weighted by Gasteiger charge is -2.27. The van der Waals surface area contributed by atoms with E-state index in [1.165, 1.54) is 19.5 Å². The Morgan fingerprint density at radius 3 is 1.14 bits per heavy atom. The zero-order valence-corrected chi connectivity index (χ0v) is 23.7. The molecule has 11 N–H and O–H groups in total. The first-order chi connectivity index (χ1) is 17.1. The van der Waals surface area contributed by atoms with Gasteiger partial charge in [0.2, 0.25) is 0 Å². The third-order valence-electron chi connectivity index (χ3n) is 5.38. The molecule has 1 aliphatic rings. The Morgan fingerprint density at radius 1 is 0.543 bits per heavy atom. The zero-order valence-electron chi connectivity index (χ0n) is 23.7. The summed E-state index contributed by atoms with van der Waals surface area (Å²) in [5.74, 6) is 0. The van der Waals surface area contributed by atoms with Crippen LogP contribution in [0.2, 0.25) is 0 Å². The molecule has 0 bridgehead atoms. The molecule has 1 heterocycles. The number of nitrogens with two attached hydrogens (primary N) is 3. The van der Waals surface area contributed by atoms with Gasteiger partial charge < -0.3 is 43.8 Å². The van der Waals surface area contributed by atoms with E-state index in [0.717, 1.165) is 91.6 Å². The van der Waals surface area contributed by atoms with Gasteiger partial charge in [0, 0.05) is 118 Å². The van der Waals surface area contributed by atoms with E-state index in [-0.39, 0.29) is 0 Å². The number of hydrogen-bond acceptors (Lipinski definition) is 11. The summed E-state index contributed by atoms with van der Waals surface area (Å²) >= 11 is 0. The van der Waals surface area contributed by atoms with Gasteiger partial charge in [-0.15, -0.1) is 0 Å². The molecule has 0 amide bonds. The van der Waals surface area contributed by atoms with E-state index in [2.05, 4.69) is 48.2 Å². The molecule has 1 rings (SSSR count). The monoisotopic (exact) mass is 506 g/mol. The van der Waals surface area contributed by atoms with Crippen LogP contribution in [0.5, 0.6) is 0 Å². The molecule has 0 aliphatic carbocycles. The summed E-state index contributed by atoms with van der Waals surface area (Å²) in [7, 11) is 5.93. The van der Waals surface area contributed by atoms with Crippen molar-refractivity contribution in [3.05, 3.63) is 0 Å². The van der Waals surface area contributed by atoms with Crippen LogP contribution < -0.4 is 43.8 Å². The summed E-state index contributed by atoms with van der Waals surface area (Å²) in [5.41, 5.74) is 17.2. The van der Waals surface area contributed by atoms with E-state index < -0.39 is 0 Å². The van der Waals surface area contributed by atoms with Crippen molar-refractivity contribution in [2.24, 2.45) is 17.2 Å². The highest BCUT2D eigenvalue weighted by molar-refractivity contribution is 4.67. The van der Waals surface area contributed by atoms with Gasteiger partial charge in [0.05, 0.1) is 0 Å². The maximum absolute atomic E-state index is 5.79. The normalized spacial score (nSPS) is 12.5. The van der Waals surface area contributed by atoms with Crippen molar-refractivity contribution < 1.29 is 0 Å². The van der Waals surface area contributed by atoms with Gasteiger partial charge in [-0.05, 0) is 34.1 Å². The van der Waals surface area contributed by atoms with Crippen molar-refractivity contribution in [1.82, 2.24) is 41.3 Å². The second-order valence-corrected chi connectivity index (χ2v) is 8.70. The van der Waals surface area contributed by atoms with E-state index in [1.807, 2.05) is 21.1 Å². The fourth-order valence-electron chi connectivity index (χ4n) is 3.23. The van der Waals surface area contributed by atoms with Gasteiger partial charge in [-0.2, -0.15) is 0 Å². The first-order valence-corrected chi connectivity index (χ1v) is 13.8. The molecule has 11 heteroatoms. The minimum Gasteiger partial charge on any atom is -0.329 e. The Bertz CT molecular complexity index is 371. The van der Waals surface area contributed by atoms with Gasteiger partial charge >= 0.3 is 0 Å². The van der Waals surface area contributed by atoms with Crippen LogP contribution in [0, 0.1) is 0 Å². The second-order valence-electron chi connectivity index (χ2n) is 8.70. The molecule has 0 spiro atoms. The molecule has 0 atom stereocenters. The molecule has 214 valence electrons. The van der Waals surface area contributed by atoms with Crippen molar-refractivity contribution in [3.8, 4) is 0 Å². The average Bonchev–Trinajstić information content (AvgIpc) is 3.74. The highest BCUT2D eigenvalue weighted by Gasteiger charge is 2.08. The fourth-order valence-corrected chi connectivity index (χ4v) is 3.23. The van der Waals surface area contributed by atoms with Crippen molar-refractivity contribution >= 4 is 0 Å². The average molecular weight is 506 g/mol. The van der Waals surface area contributed by atoms with Gasteiger partial charge in [-0.1, -0.05) is 6.92 Å². The Balaban J connectivity index is 0. The summed E-state index contributed by atoms with van der Waals surface area (Å²) in [4.78, 5) is 7.25. The summed E-state index contributed by atoms with van der Waals surface area (Å²) in [6.07, 6.45) is 1.23. The molecule has 0 aromatic heterocycles. The largest absolute Gasteiger partial charge is 0.329 e. The van der Waals surface area contributed by atoms with E-state index in [4.69, 9.17) is 17.2 Å². The SMILES string of the molecule is C1CN1.CCCNC.CNCCN(CCN)CCNCCN(CCN)CCN(CCN)CCNC. The van der Waals surface area contributed by atoms with Gasteiger partial charge in [0.1, 0.15) is 0 Å². The van der Waals surface area contributed by atoms with Crippen LogP contribution in [0.1, 0.15) is 13.3 Å². The predicted octanol–water partition coefficient (Wildman–Crippen LogP) is -3.00. The quantitative estimate of drug-likeness (QED) is 0.0528. The molecule has 0 aromatic carbocycles. The van der Waals surface area contributed by atoms with Crippen LogP contribution in [-0.4, -0.2) is 160 Å². The van der Waals surface area contributed by atoms with E-state index >= 15 is 0 Å². The number of nitrogens with zero attached hydrogens (tertiary/aromatic N) is 3. The number of likely N-dealkylation sites (N-methyl/N-ethyl adjacent to an activating group) is 2. The topological polar surface area (TPSA) is 158 Å². The van der Waals surface area contributed by atoms with Crippen LogP contribution >= 0.6 is 0 Å². The lowest BCUT2D eigenvalue weighted by molar-refractivity contribution is 0.209. The summed E-state index contributed by atoms with van der Waals surface area (Å²) in [6.45, 7) is 20.9. The summed E-state index contributed by atoms with van der Waals surface area (Å²) in [6, 6.07) is 0. The molecule has 0 saturated carbocycles. The van der Waals surface area contributed by atoms with E-state index in [1.54, 1.807) is 0 Å². The van der Waals surface area contributed by atoms with Crippen molar-refractivity contribution in [3.63, 3.8) is 0 Å². The third-order valence-corrected chi connectivity index (χ3v) is 5.38. The molecule has 11 nitrogen and oxygen atoms in total. The van der Waals surface area contributed by atoms with Crippen LogP contribution in [-0.2, 0) is 0 Å². The third kappa shape index (κ3) is 31.5. The van der Waals surface area contributed by atoms with Crippen LogP contribution in [0.3, 0.4) is 0 Å². The first kappa shape index (κ1) is 36.7. The van der Waals surface area contributed by atoms with Crippen LogP contribution in [0.4, 0.5) is 0 Å². The van der Waals surface area contributed by atoms with Crippen molar-refractivity contribution in [1.29, 1.82) is 0 Å². The Labute approximate surface area is 217 Å². The number of nitrogens with one attached hydrogen (secondary N) is 5. The van der Waals surface area contributed by atoms with Crippen molar-refractivity contribution in [2.75, 3.05) is 145 Å². The maximum Gasteiger partial charge on any atom is 0.0110 e. The molecule has 0 unspecified atom stereocenters. The molecular weight excluding hydrogens is 442 g/mol. The highest BCUT2D eigenvalue weighted by Crippen LogP contribution is 1.92. The van der Waals surface area contributed by atoms with Gasteiger partial charge in [-0.3, -0.25) is 14.7 Å². The molecule has 0 aromatic rings. The highest BCUT2D eigenvalue weighted by atomic mass is 15.2. The maximum atomic E-state index is 5.79. The van der Waals surface area contributed by atoms with Gasteiger partial charge in [-0.25, -0.2) is 0 Å². The lowest BCUT2D eigenvalue weighted by Crippen LogP contribution is -2.44. The summed E-state index contributed by atoms with van der Waals surface area (Å²) < 4.78 is 0. The van der Waals surface area contributed by atoms with Crippen molar-refractivity contribution in [2.45, 2.75) is 13.3 Å². The number of hydrogen-bond donors (Lipinski definition) is 8. The lowest BCUT2D eigenvalue weighted by atomic mass is 10.3. The van der Waals surface area contributed by atoms with Crippen LogP contribution in [0.15, 0.2) is 0 Å². The molecule has 1 fully saturated rings. The number of rotatable bonds is 23. The molecular formula is C24H63N11. The molecule has 0 radical (unpaired) electrons. The molecule has 35 heavy (non-hydrogen) atoms. The predicted molar refractivity (Wildman–Crippen MR) is 154 cm³/mol. The molecule has 1 saturated heterocycles. The zero-order chi connectivity index (χ0) is 26.4. The minimum atomic E-state index is 0.696. The van der Waals surface area contributed by atoms with Gasteiger partial charge in [0.15, 0.2) is 0 Å². The van der Waals surface area contributed by atoms with E-state index in [0.29, 0.717) is 19.6 Å². The first-order valence-electron chi connectivity index (χ1n) is 13.8. The Morgan fingerprint density at radius 2 is 0.886 bits per heavy atom. The fraction of sp³-hybridized carbons (Fsp3) is 1.00. The molecule has 1 aliphatic heterocycles. The second kappa shape index (κ2) is 31.6. The van der Waals surface area contributed by atoms with E-state index in [9.17, 15) is 0 Å². The standard InChI is InChI=1S/C18H47N9.C4H11N.C2H5N/c1-22-6-13-25(10-3-19)15-8-24-9-16-27(12-5-21)18-17-26(11-4-20)14-7-23-2;1-3-4-5-2;1-2-3-1/h22-24H,3-21H2,1-2H3;5H,3-4H2,1-2H3;3H,1-2H2. The smallest absolute Gasteiger partial charge is 0.0110 e. The van der Waals surface area contributed by atoms with Crippen LogP contribution in [0.25, 0.3) is 0 Å². The minimum absolute atomic E-state index is 0.696. The van der Waals surface area contributed by atoms with Gasteiger partial charge in [0.25, 0.3) is 0 Å². The Kier molecular flexibility index (Phi) is 33.1.